The van der Waals surface area contributed by atoms with Gasteiger partial charge in [0.15, 0.2) is 0 Å². The number of para-hydroxylation sites is 1. The molecule has 1 aliphatic rings. The Morgan fingerprint density at radius 1 is 1.12 bits per heavy atom. The minimum Gasteiger partial charge on any atom is -0.508 e. The third kappa shape index (κ3) is 2.61. The largest absolute Gasteiger partial charge is 0.508 e. The number of phenols is 1. The number of nitrogens with one attached hydrogen (secondary N) is 1. The lowest BCUT2D eigenvalue weighted by Gasteiger charge is -2.26. The zero-order valence-electron chi connectivity index (χ0n) is 13.7. The predicted octanol–water partition coefficient (Wildman–Crippen LogP) is 3.36. The number of rotatable bonds is 3. The van der Waals surface area contributed by atoms with E-state index in [9.17, 15) is 19.8 Å². The topological polar surface area (TPSA) is 91.6 Å². The molecule has 1 amide bonds. The fraction of sp³-hybridized carbons (Fsp3) is 0.100. The maximum Gasteiger partial charge on any atom is 0.339 e. The Hall–Kier alpha value is -3.54. The molecule has 130 valence electrons. The summed E-state index contributed by atoms with van der Waals surface area (Å²) in [6.45, 7) is 0. The molecule has 1 aromatic heterocycles. The quantitative estimate of drug-likeness (QED) is 0.677. The predicted molar refractivity (Wildman–Crippen MR) is 95.9 cm³/mol. The van der Waals surface area contributed by atoms with Gasteiger partial charge in [-0.25, -0.2) is 4.79 Å². The molecule has 0 aliphatic carbocycles. The highest BCUT2D eigenvalue weighted by Crippen LogP contribution is 2.42. The monoisotopic (exact) mass is 348 g/mol. The molecule has 0 unspecified atom stereocenters. The summed E-state index contributed by atoms with van der Waals surface area (Å²) in [7, 11) is 0. The second kappa shape index (κ2) is 6.07. The number of nitrogens with zero attached hydrogens (tertiary/aromatic N) is 1. The van der Waals surface area contributed by atoms with Gasteiger partial charge in [0, 0.05) is 24.2 Å². The Kier molecular flexibility index (Phi) is 3.73. The van der Waals surface area contributed by atoms with Crippen molar-refractivity contribution < 1.29 is 19.8 Å². The number of aromatic hydroxyl groups is 1. The van der Waals surface area contributed by atoms with Crippen LogP contribution in [0.4, 0.5) is 5.69 Å². The van der Waals surface area contributed by atoms with E-state index in [1.165, 1.54) is 6.20 Å². The molecule has 0 radical (unpaired) electrons. The second-order valence-electron chi connectivity index (χ2n) is 6.21. The molecule has 3 aromatic rings. The molecular weight excluding hydrogens is 332 g/mol. The van der Waals surface area contributed by atoms with Crippen molar-refractivity contribution in [2.45, 2.75) is 12.3 Å². The van der Waals surface area contributed by atoms with Gasteiger partial charge in [0.25, 0.3) is 0 Å². The standard InChI is InChI=1S/C20H16N2O4/c23-14-8-4-5-12(9-14)15-10-17(24)21-18-16(20(25)26)11-22(19(15)18)13-6-2-1-3-7-13/h1-9,11,15,23H,10H2,(H,21,24)(H,25,26)/t15-/m1/s1. The Morgan fingerprint density at radius 2 is 1.88 bits per heavy atom. The average molecular weight is 348 g/mol. The van der Waals surface area contributed by atoms with Gasteiger partial charge < -0.3 is 20.1 Å². The number of carbonyl (C=O) groups excluding carboxylic acids is 1. The lowest BCUT2D eigenvalue weighted by Crippen LogP contribution is -2.25. The third-order valence-electron chi connectivity index (χ3n) is 4.56. The first kappa shape index (κ1) is 16.0. The average Bonchev–Trinajstić information content (AvgIpc) is 3.01. The number of fused-ring (bicyclic) bond motifs is 1. The fourth-order valence-electron chi connectivity index (χ4n) is 3.45. The molecule has 0 saturated carbocycles. The van der Waals surface area contributed by atoms with Crippen LogP contribution in [0.1, 0.15) is 34.0 Å². The maximum absolute atomic E-state index is 12.2. The van der Waals surface area contributed by atoms with Crippen molar-refractivity contribution in [1.82, 2.24) is 4.57 Å². The molecule has 2 heterocycles. The number of hydrogen-bond acceptors (Lipinski definition) is 3. The maximum atomic E-state index is 12.2. The minimum absolute atomic E-state index is 0.0436. The summed E-state index contributed by atoms with van der Waals surface area (Å²) in [4.78, 5) is 24.0. The van der Waals surface area contributed by atoms with Crippen molar-refractivity contribution in [1.29, 1.82) is 0 Å². The molecule has 1 aliphatic heterocycles. The highest BCUT2D eigenvalue weighted by molar-refractivity contribution is 6.04. The number of benzene rings is 2. The Morgan fingerprint density at radius 3 is 2.58 bits per heavy atom. The number of anilines is 1. The van der Waals surface area contributed by atoms with Crippen LogP contribution in [-0.2, 0) is 4.79 Å². The number of aromatic nitrogens is 1. The van der Waals surface area contributed by atoms with Crippen LogP contribution in [0.15, 0.2) is 60.8 Å². The van der Waals surface area contributed by atoms with Gasteiger partial charge in [0.2, 0.25) is 5.91 Å². The molecule has 6 heteroatoms. The Balaban J connectivity index is 1.98. The Bertz CT molecular complexity index is 1010. The third-order valence-corrected chi connectivity index (χ3v) is 4.56. The van der Waals surface area contributed by atoms with Gasteiger partial charge in [-0.05, 0) is 29.8 Å². The minimum atomic E-state index is -1.10. The summed E-state index contributed by atoms with van der Waals surface area (Å²) in [6.07, 6.45) is 1.70. The summed E-state index contributed by atoms with van der Waals surface area (Å²) in [5.74, 6) is -1.61. The van der Waals surface area contributed by atoms with Crippen LogP contribution in [0.3, 0.4) is 0 Å². The van der Waals surface area contributed by atoms with E-state index in [0.29, 0.717) is 11.4 Å². The van der Waals surface area contributed by atoms with Gasteiger partial charge in [-0.15, -0.1) is 0 Å². The van der Waals surface area contributed by atoms with Crippen molar-refractivity contribution in [3.05, 3.63) is 77.6 Å². The second-order valence-corrected chi connectivity index (χ2v) is 6.21. The molecular formula is C20H16N2O4. The molecule has 0 spiro atoms. The zero-order chi connectivity index (χ0) is 18.3. The first-order valence-corrected chi connectivity index (χ1v) is 8.17. The number of amides is 1. The molecule has 3 N–H and O–H groups in total. The molecule has 4 rings (SSSR count). The van der Waals surface area contributed by atoms with Gasteiger partial charge in [-0.3, -0.25) is 4.79 Å². The first-order chi connectivity index (χ1) is 12.5. The van der Waals surface area contributed by atoms with Crippen molar-refractivity contribution in [3.63, 3.8) is 0 Å². The molecule has 2 aromatic carbocycles. The van der Waals surface area contributed by atoms with E-state index in [1.807, 2.05) is 36.4 Å². The summed E-state index contributed by atoms with van der Waals surface area (Å²) < 4.78 is 1.80. The van der Waals surface area contributed by atoms with Gasteiger partial charge in [-0.1, -0.05) is 30.3 Å². The number of carboxylic acids is 1. The summed E-state index contributed by atoms with van der Waals surface area (Å²) in [6, 6.07) is 16.1. The van der Waals surface area contributed by atoms with Gasteiger partial charge in [0.05, 0.1) is 11.4 Å². The smallest absolute Gasteiger partial charge is 0.339 e. The molecule has 1 atom stereocenters. The number of carboxylic acid groups (broad SMARTS) is 1. The van der Waals surface area contributed by atoms with Gasteiger partial charge in [0.1, 0.15) is 11.3 Å². The van der Waals surface area contributed by atoms with Crippen molar-refractivity contribution >= 4 is 17.6 Å². The molecule has 0 fully saturated rings. The summed E-state index contributed by atoms with van der Waals surface area (Å²) in [5, 5.41) is 22.1. The number of hydrogen-bond donors (Lipinski definition) is 3. The molecule has 6 nitrogen and oxygen atoms in total. The van der Waals surface area contributed by atoms with Crippen LogP contribution >= 0.6 is 0 Å². The molecule has 26 heavy (non-hydrogen) atoms. The Labute approximate surface area is 149 Å². The SMILES string of the molecule is O=C1C[C@H](c2cccc(O)c2)c2c(c(C(=O)O)cn2-c2ccccc2)N1. The normalized spacial score (nSPS) is 16.0. The van der Waals surface area contributed by atoms with E-state index < -0.39 is 5.97 Å². The van der Waals surface area contributed by atoms with Crippen molar-refractivity contribution in [3.8, 4) is 11.4 Å². The van der Waals surface area contributed by atoms with E-state index in [4.69, 9.17) is 0 Å². The highest BCUT2D eigenvalue weighted by atomic mass is 16.4. The lowest BCUT2D eigenvalue weighted by molar-refractivity contribution is -0.116. The number of carbonyl (C=O) groups is 2. The van der Waals surface area contributed by atoms with Crippen molar-refractivity contribution in [2.75, 3.05) is 5.32 Å². The van der Waals surface area contributed by atoms with E-state index in [-0.39, 0.29) is 29.6 Å². The highest BCUT2D eigenvalue weighted by Gasteiger charge is 2.34. The van der Waals surface area contributed by atoms with Crippen LogP contribution in [0, 0.1) is 0 Å². The number of aromatic carboxylic acids is 1. The first-order valence-electron chi connectivity index (χ1n) is 8.17. The molecule has 0 saturated heterocycles. The summed E-state index contributed by atoms with van der Waals surface area (Å²) >= 11 is 0. The zero-order valence-corrected chi connectivity index (χ0v) is 13.7. The fourth-order valence-corrected chi connectivity index (χ4v) is 3.45. The van der Waals surface area contributed by atoms with Crippen LogP contribution in [0.2, 0.25) is 0 Å². The molecule has 0 bridgehead atoms. The van der Waals surface area contributed by atoms with E-state index in [0.717, 1.165) is 11.3 Å². The van der Waals surface area contributed by atoms with E-state index >= 15 is 0 Å². The van der Waals surface area contributed by atoms with E-state index in [2.05, 4.69) is 5.32 Å². The van der Waals surface area contributed by atoms with Gasteiger partial charge in [-0.2, -0.15) is 0 Å². The van der Waals surface area contributed by atoms with E-state index in [1.54, 1.807) is 22.8 Å². The van der Waals surface area contributed by atoms with Crippen LogP contribution < -0.4 is 5.32 Å². The summed E-state index contributed by atoms with van der Waals surface area (Å²) in [5.41, 5.74) is 2.61. The van der Waals surface area contributed by atoms with Crippen LogP contribution in [-0.4, -0.2) is 26.7 Å². The van der Waals surface area contributed by atoms with Crippen molar-refractivity contribution in [2.24, 2.45) is 0 Å². The van der Waals surface area contributed by atoms with Gasteiger partial charge >= 0.3 is 5.97 Å². The lowest BCUT2D eigenvalue weighted by atomic mass is 9.88. The van der Waals surface area contributed by atoms with Crippen LogP contribution in [0.25, 0.3) is 5.69 Å². The number of phenolic OH excluding ortho intramolecular Hbond substituents is 1. The van der Waals surface area contributed by atoms with Crippen LogP contribution in [0.5, 0.6) is 5.75 Å².